The van der Waals surface area contributed by atoms with Crippen molar-refractivity contribution < 1.29 is 14.7 Å². The average Bonchev–Trinajstić information content (AvgIpc) is 2.16. The van der Waals surface area contributed by atoms with Gasteiger partial charge in [-0.2, -0.15) is 5.26 Å². The molecule has 0 aliphatic rings. The molecule has 5 nitrogen and oxygen atoms in total. The van der Waals surface area contributed by atoms with E-state index in [9.17, 15) is 4.79 Å². The van der Waals surface area contributed by atoms with E-state index in [-0.39, 0.29) is 11.3 Å². The van der Waals surface area contributed by atoms with Crippen molar-refractivity contribution in [2.75, 3.05) is 5.48 Å². The standard InChI is InChI=1S/C9H8N2O3/c1-6(12)14-11-8-2-3-9(13)7(4-8)5-10/h2-4,11,13H,1H3. The van der Waals surface area contributed by atoms with E-state index in [1.165, 1.54) is 25.1 Å². The first-order valence-electron chi connectivity index (χ1n) is 3.80. The van der Waals surface area contributed by atoms with Gasteiger partial charge in [0, 0.05) is 6.92 Å². The number of carbonyl (C=O) groups excluding carboxylic acids is 1. The van der Waals surface area contributed by atoms with Crippen LogP contribution in [0.4, 0.5) is 5.69 Å². The number of aromatic hydroxyl groups is 1. The van der Waals surface area contributed by atoms with Crippen molar-refractivity contribution in [1.29, 1.82) is 5.26 Å². The Labute approximate surface area is 80.5 Å². The molecule has 0 aliphatic carbocycles. The smallest absolute Gasteiger partial charge is 0.329 e. The summed E-state index contributed by atoms with van der Waals surface area (Å²) in [5, 5.41) is 17.7. The molecule has 0 amide bonds. The molecule has 14 heavy (non-hydrogen) atoms. The first kappa shape index (κ1) is 9.86. The zero-order chi connectivity index (χ0) is 10.6. The molecule has 0 saturated heterocycles. The van der Waals surface area contributed by atoms with E-state index in [2.05, 4.69) is 10.3 Å². The fourth-order valence-electron chi connectivity index (χ4n) is 0.820. The number of hydrogen-bond donors (Lipinski definition) is 2. The highest BCUT2D eigenvalue weighted by Gasteiger charge is 2.02. The van der Waals surface area contributed by atoms with E-state index in [0.717, 1.165) is 0 Å². The second kappa shape index (κ2) is 4.14. The molecule has 0 aliphatic heterocycles. The predicted molar refractivity (Wildman–Crippen MR) is 48.2 cm³/mol. The van der Waals surface area contributed by atoms with Crippen LogP contribution >= 0.6 is 0 Å². The second-order valence-electron chi connectivity index (χ2n) is 2.54. The van der Waals surface area contributed by atoms with Gasteiger partial charge >= 0.3 is 5.97 Å². The third-order valence-corrected chi connectivity index (χ3v) is 1.43. The summed E-state index contributed by atoms with van der Waals surface area (Å²) in [6, 6.07) is 5.99. The lowest BCUT2D eigenvalue weighted by Crippen LogP contribution is -2.06. The zero-order valence-corrected chi connectivity index (χ0v) is 7.44. The van der Waals surface area contributed by atoms with Crippen LogP contribution in [0.2, 0.25) is 0 Å². The Morgan fingerprint density at radius 3 is 2.93 bits per heavy atom. The van der Waals surface area contributed by atoms with Gasteiger partial charge < -0.3 is 9.94 Å². The maximum atomic E-state index is 10.4. The molecule has 2 N–H and O–H groups in total. The molecule has 0 aromatic heterocycles. The van der Waals surface area contributed by atoms with E-state index in [4.69, 9.17) is 10.4 Å². The number of phenolic OH excluding ortho intramolecular Hbond substituents is 1. The van der Waals surface area contributed by atoms with Gasteiger partial charge in [-0.25, -0.2) is 5.48 Å². The highest BCUT2D eigenvalue weighted by atomic mass is 16.7. The Bertz CT molecular complexity index is 396. The topological polar surface area (TPSA) is 82.3 Å². The van der Waals surface area contributed by atoms with Crippen molar-refractivity contribution in [2.45, 2.75) is 6.92 Å². The quantitative estimate of drug-likeness (QED) is 0.542. The minimum absolute atomic E-state index is 0.110. The van der Waals surface area contributed by atoms with Gasteiger partial charge in [0.2, 0.25) is 0 Å². The fourth-order valence-corrected chi connectivity index (χ4v) is 0.820. The summed E-state index contributed by atoms with van der Waals surface area (Å²) >= 11 is 0. The lowest BCUT2D eigenvalue weighted by molar-refractivity contribution is -0.138. The number of anilines is 1. The number of nitrogens with one attached hydrogen (secondary N) is 1. The minimum atomic E-state index is -0.489. The lowest BCUT2D eigenvalue weighted by atomic mass is 10.2. The molecule has 0 heterocycles. The number of nitriles is 1. The van der Waals surface area contributed by atoms with Crippen molar-refractivity contribution >= 4 is 11.7 Å². The maximum absolute atomic E-state index is 10.4. The maximum Gasteiger partial charge on any atom is 0.329 e. The number of rotatable bonds is 2. The highest BCUT2D eigenvalue weighted by Crippen LogP contribution is 2.20. The molecule has 0 bridgehead atoms. The number of carbonyl (C=O) groups is 1. The van der Waals surface area contributed by atoms with Gasteiger partial charge in [0.1, 0.15) is 11.8 Å². The molecule has 0 spiro atoms. The average molecular weight is 192 g/mol. The summed E-state index contributed by atoms with van der Waals surface area (Å²) in [5.41, 5.74) is 2.87. The number of hydrogen-bond acceptors (Lipinski definition) is 5. The molecule has 1 aromatic carbocycles. The molecule has 0 fully saturated rings. The third kappa shape index (κ3) is 2.38. The van der Waals surface area contributed by atoms with Gasteiger partial charge in [-0.15, -0.1) is 0 Å². The second-order valence-corrected chi connectivity index (χ2v) is 2.54. The van der Waals surface area contributed by atoms with E-state index >= 15 is 0 Å². The van der Waals surface area contributed by atoms with Crippen LogP contribution in [0.1, 0.15) is 12.5 Å². The highest BCUT2D eigenvalue weighted by molar-refractivity contribution is 5.67. The Morgan fingerprint density at radius 1 is 1.64 bits per heavy atom. The van der Waals surface area contributed by atoms with Crippen LogP contribution in [0.15, 0.2) is 18.2 Å². The van der Waals surface area contributed by atoms with Crippen molar-refractivity contribution in [3.05, 3.63) is 23.8 Å². The van der Waals surface area contributed by atoms with Crippen molar-refractivity contribution in [2.24, 2.45) is 0 Å². The van der Waals surface area contributed by atoms with Crippen LogP contribution in [0.25, 0.3) is 0 Å². The molecule has 5 heteroatoms. The molecule has 0 unspecified atom stereocenters. The summed E-state index contributed by atoms with van der Waals surface area (Å²) in [7, 11) is 0. The predicted octanol–water partition coefficient (Wildman–Crippen LogP) is 1.15. The van der Waals surface area contributed by atoms with Gasteiger partial charge in [0.05, 0.1) is 11.3 Å². The molecule has 0 radical (unpaired) electrons. The Balaban J connectivity index is 2.80. The third-order valence-electron chi connectivity index (χ3n) is 1.43. The normalized spacial score (nSPS) is 8.86. The Hall–Kier alpha value is -2.22. The van der Waals surface area contributed by atoms with E-state index < -0.39 is 5.97 Å². The SMILES string of the molecule is CC(=O)ONc1ccc(O)c(C#N)c1. The molecular formula is C9H8N2O3. The first-order valence-corrected chi connectivity index (χ1v) is 3.80. The molecule has 1 aromatic rings. The number of nitrogens with zero attached hydrogens (tertiary/aromatic N) is 1. The summed E-state index contributed by atoms with van der Waals surface area (Å²) in [5.74, 6) is -0.600. The van der Waals surface area contributed by atoms with Gasteiger partial charge in [0.15, 0.2) is 0 Å². The van der Waals surface area contributed by atoms with Crippen molar-refractivity contribution in [3.63, 3.8) is 0 Å². The molecule has 0 atom stereocenters. The molecule has 1 rings (SSSR count). The molecule has 72 valence electrons. The molecule has 0 saturated carbocycles. The van der Waals surface area contributed by atoms with Gasteiger partial charge in [-0.1, -0.05) is 0 Å². The van der Waals surface area contributed by atoms with Crippen LogP contribution in [0, 0.1) is 11.3 Å². The summed E-state index contributed by atoms with van der Waals surface area (Å²) in [6.07, 6.45) is 0. The van der Waals surface area contributed by atoms with Gasteiger partial charge in [-0.3, -0.25) is 4.79 Å². The van der Waals surface area contributed by atoms with Crippen LogP contribution in [-0.2, 0) is 9.63 Å². The molecular weight excluding hydrogens is 184 g/mol. The monoisotopic (exact) mass is 192 g/mol. The van der Waals surface area contributed by atoms with E-state index in [0.29, 0.717) is 5.69 Å². The van der Waals surface area contributed by atoms with Crippen molar-refractivity contribution in [1.82, 2.24) is 0 Å². The number of benzene rings is 1. The summed E-state index contributed by atoms with van der Waals surface area (Å²) in [6.45, 7) is 1.25. The summed E-state index contributed by atoms with van der Waals surface area (Å²) < 4.78 is 0. The number of phenols is 1. The lowest BCUT2D eigenvalue weighted by Gasteiger charge is -2.05. The van der Waals surface area contributed by atoms with Gasteiger partial charge in [0.25, 0.3) is 0 Å². The first-order chi connectivity index (χ1) is 6.63. The Morgan fingerprint density at radius 2 is 2.36 bits per heavy atom. The van der Waals surface area contributed by atoms with E-state index in [1.807, 2.05) is 0 Å². The zero-order valence-electron chi connectivity index (χ0n) is 7.44. The Kier molecular flexibility index (Phi) is 2.92. The summed E-state index contributed by atoms with van der Waals surface area (Å²) in [4.78, 5) is 14.9. The minimum Gasteiger partial charge on any atom is -0.507 e. The van der Waals surface area contributed by atoms with Gasteiger partial charge in [-0.05, 0) is 18.2 Å². The van der Waals surface area contributed by atoms with Crippen LogP contribution in [0.5, 0.6) is 5.75 Å². The fraction of sp³-hybridized carbons (Fsp3) is 0.111. The van der Waals surface area contributed by atoms with Crippen molar-refractivity contribution in [3.8, 4) is 11.8 Å². The largest absolute Gasteiger partial charge is 0.507 e. The van der Waals surface area contributed by atoms with Crippen LogP contribution in [-0.4, -0.2) is 11.1 Å². The van der Waals surface area contributed by atoms with E-state index in [1.54, 1.807) is 6.07 Å². The van der Waals surface area contributed by atoms with Crippen LogP contribution in [0.3, 0.4) is 0 Å². The van der Waals surface area contributed by atoms with Crippen LogP contribution < -0.4 is 5.48 Å².